The fourth-order valence-corrected chi connectivity index (χ4v) is 3.50. The molecule has 0 radical (unpaired) electrons. The minimum Gasteiger partial charge on any atom is -0.368 e. The van der Waals surface area contributed by atoms with Crippen molar-refractivity contribution in [3.05, 3.63) is 65.7 Å². The van der Waals surface area contributed by atoms with Gasteiger partial charge in [-0.25, -0.2) is 0 Å². The maximum atomic E-state index is 12.7. The van der Waals surface area contributed by atoms with Gasteiger partial charge in [0.2, 0.25) is 11.8 Å². The van der Waals surface area contributed by atoms with E-state index in [9.17, 15) is 9.59 Å². The van der Waals surface area contributed by atoms with Gasteiger partial charge < -0.3 is 16.8 Å². The lowest BCUT2D eigenvalue weighted by atomic mass is 9.92. The van der Waals surface area contributed by atoms with Crippen molar-refractivity contribution in [2.45, 2.75) is 37.9 Å². The Morgan fingerprint density at radius 2 is 1.93 bits per heavy atom. The zero-order chi connectivity index (χ0) is 19.4. The van der Waals surface area contributed by atoms with Crippen molar-refractivity contribution in [2.75, 3.05) is 11.9 Å². The number of benzene rings is 2. The second kappa shape index (κ2) is 7.90. The van der Waals surface area contributed by atoms with E-state index in [0.717, 1.165) is 30.5 Å². The molecule has 6 heteroatoms. The van der Waals surface area contributed by atoms with Gasteiger partial charge in [-0.15, -0.1) is 0 Å². The van der Waals surface area contributed by atoms with Crippen LogP contribution in [-0.2, 0) is 21.7 Å². The SMILES string of the molecule is CC(N)(C(=O)Nc1cccc(CN2CCCC2C(N)=O)c1)c1ccccc1. The van der Waals surface area contributed by atoms with E-state index in [1.807, 2.05) is 54.6 Å². The topological polar surface area (TPSA) is 101 Å². The average molecular weight is 366 g/mol. The lowest BCUT2D eigenvalue weighted by Crippen LogP contribution is -2.45. The number of nitrogens with one attached hydrogen (secondary N) is 1. The number of rotatable bonds is 6. The normalized spacial score (nSPS) is 19.4. The second-order valence-electron chi connectivity index (χ2n) is 7.25. The molecule has 0 bridgehead atoms. The molecule has 2 atom stereocenters. The summed E-state index contributed by atoms with van der Waals surface area (Å²) in [5.41, 5.74) is 13.1. The van der Waals surface area contributed by atoms with Crippen LogP contribution in [0.15, 0.2) is 54.6 Å². The molecule has 1 fully saturated rings. The van der Waals surface area contributed by atoms with Crippen molar-refractivity contribution in [3.8, 4) is 0 Å². The van der Waals surface area contributed by atoms with Gasteiger partial charge in [-0.2, -0.15) is 0 Å². The molecule has 0 saturated carbocycles. The molecular weight excluding hydrogens is 340 g/mol. The predicted octanol–water partition coefficient (Wildman–Crippen LogP) is 1.95. The van der Waals surface area contributed by atoms with Gasteiger partial charge in [-0.3, -0.25) is 14.5 Å². The van der Waals surface area contributed by atoms with E-state index in [2.05, 4.69) is 10.2 Å². The average Bonchev–Trinajstić information content (AvgIpc) is 3.11. The van der Waals surface area contributed by atoms with E-state index in [0.29, 0.717) is 12.2 Å². The van der Waals surface area contributed by atoms with Gasteiger partial charge in [0.05, 0.1) is 6.04 Å². The molecule has 0 aromatic heterocycles. The zero-order valence-corrected chi connectivity index (χ0v) is 15.5. The van der Waals surface area contributed by atoms with Crippen LogP contribution >= 0.6 is 0 Å². The Morgan fingerprint density at radius 3 is 2.63 bits per heavy atom. The van der Waals surface area contributed by atoms with E-state index in [1.165, 1.54) is 0 Å². The van der Waals surface area contributed by atoms with Gasteiger partial charge in [0.25, 0.3) is 0 Å². The summed E-state index contributed by atoms with van der Waals surface area (Å²) in [4.78, 5) is 26.4. The fraction of sp³-hybridized carbons (Fsp3) is 0.333. The number of nitrogens with zero attached hydrogens (tertiary/aromatic N) is 1. The molecule has 0 spiro atoms. The molecule has 1 aliphatic heterocycles. The first kappa shape index (κ1) is 19.1. The number of anilines is 1. The van der Waals surface area contributed by atoms with Crippen LogP contribution < -0.4 is 16.8 Å². The number of amides is 2. The number of nitrogens with two attached hydrogens (primary N) is 2. The van der Waals surface area contributed by atoms with Crippen LogP contribution in [0.3, 0.4) is 0 Å². The highest BCUT2D eigenvalue weighted by molar-refractivity contribution is 5.98. The molecule has 2 amide bonds. The van der Waals surface area contributed by atoms with E-state index in [4.69, 9.17) is 11.5 Å². The van der Waals surface area contributed by atoms with Gasteiger partial charge in [0.1, 0.15) is 5.54 Å². The highest BCUT2D eigenvalue weighted by atomic mass is 16.2. The summed E-state index contributed by atoms with van der Waals surface area (Å²) in [6.07, 6.45) is 1.76. The molecule has 0 aliphatic carbocycles. The number of hydrogen-bond acceptors (Lipinski definition) is 4. The number of primary amides is 1. The Balaban J connectivity index is 1.70. The van der Waals surface area contributed by atoms with Crippen LogP contribution in [0.5, 0.6) is 0 Å². The Hall–Kier alpha value is -2.70. The number of carbonyl (C=O) groups is 2. The van der Waals surface area contributed by atoms with Crippen LogP contribution in [0.25, 0.3) is 0 Å². The summed E-state index contributed by atoms with van der Waals surface area (Å²) in [7, 11) is 0. The molecule has 27 heavy (non-hydrogen) atoms. The standard InChI is InChI=1S/C21H26N4O2/c1-21(23,16-8-3-2-4-9-16)20(27)24-17-10-5-7-15(13-17)14-25-12-6-11-18(25)19(22)26/h2-5,7-10,13,18H,6,11-12,14,23H2,1H3,(H2,22,26)(H,24,27). The second-order valence-corrected chi connectivity index (χ2v) is 7.25. The summed E-state index contributed by atoms with van der Waals surface area (Å²) < 4.78 is 0. The summed E-state index contributed by atoms with van der Waals surface area (Å²) in [6.45, 7) is 3.16. The summed E-state index contributed by atoms with van der Waals surface area (Å²) in [5, 5.41) is 2.91. The highest BCUT2D eigenvalue weighted by Crippen LogP contribution is 2.23. The molecule has 1 heterocycles. The maximum absolute atomic E-state index is 12.7. The maximum Gasteiger partial charge on any atom is 0.248 e. The van der Waals surface area contributed by atoms with Crippen LogP contribution in [0, 0.1) is 0 Å². The quantitative estimate of drug-likeness (QED) is 0.727. The van der Waals surface area contributed by atoms with Crippen LogP contribution in [0.2, 0.25) is 0 Å². The Labute approximate surface area is 159 Å². The largest absolute Gasteiger partial charge is 0.368 e. The molecule has 6 nitrogen and oxygen atoms in total. The van der Waals surface area contributed by atoms with E-state index < -0.39 is 5.54 Å². The summed E-state index contributed by atoms with van der Waals surface area (Å²) >= 11 is 0. The number of hydrogen-bond donors (Lipinski definition) is 3. The summed E-state index contributed by atoms with van der Waals surface area (Å²) in [5.74, 6) is -0.555. The molecule has 1 aliphatic rings. The number of likely N-dealkylation sites (tertiary alicyclic amines) is 1. The van der Waals surface area contributed by atoms with Crippen LogP contribution in [0.1, 0.15) is 30.9 Å². The van der Waals surface area contributed by atoms with Gasteiger partial charge >= 0.3 is 0 Å². The van der Waals surface area contributed by atoms with Crippen molar-refractivity contribution in [3.63, 3.8) is 0 Å². The Kier molecular flexibility index (Phi) is 5.58. The minimum absolute atomic E-state index is 0.214. The van der Waals surface area contributed by atoms with Crippen molar-refractivity contribution in [1.82, 2.24) is 4.90 Å². The van der Waals surface area contributed by atoms with Gasteiger partial charge in [0, 0.05) is 12.2 Å². The highest BCUT2D eigenvalue weighted by Gasteiger charge is 2.31. The van der Waals surface area contributed by atoms with Crippen LogP contribution in [0.4, 0.5) is 5.69 Å². The van der Waals surface area contributed by atoms with E-state index in [-0.39, 0.29) is 17.9 Å². The van der Waals surface area contributed by atoms with E-state index in [1.54, 1.807) is 6.92 Å². The minimum atomic E-state index is -1.14. The smallest absolute Gasteiger partial charge is 0.248 e. The summed E-state index contributed by atoms with van der Waals surface area (Å²) in [6, 6.07) is 16.7. The molecule has 2 aromatic rings. The van der Waals surface area contributed by atoms with Gasteiger partial charge in [-0.05, 0) is 49.6 Å². The first-order valence-corrected chi connectivity index (χ1v) is 9.16. The molecule has 2 aromatic carbocycles. The number of carbonyl (C=O) groups excluding carboxylic acids is 2. The lowest BCUT2D eigenvalue weighted by molar-refractivity contribution is -0.122. The first-order valence-electron chi connectivity index (χ1n) is 9.16. The zero-order valence-electron chi connectivity index (χ0n) is 15.5. The van der Waals surface area contributed by atoms with Crippen molar-refractivity contribution in [1.29, 1.82) is 0 Å². The molecule has 1 saturated heterocycles. The lowest BCUT2D eigenvalue weighted by Gasteiger charge is -2.25. The van der Waals surface area contributed by atoms with E-state index >= 15 is 0 Å². The van der Waals surface area contributed by atoms with Crippen LogP contribution in [-0.4, -0.2) is 29.3 Å². The molecule has 2 unspecified atom stereocenters. The van der Waals surface area contributed by atoms with Crippen molar-refractivity contribution >= 4 is 17.5 Å². The molecule has 5 N–H and O–H groups in total. The van der Waals surface area contributed by atoms with Gasteiger partial charge in [-0.1, -0.05) is 42.5 Å². The van der Waals surface area contributed by atoms with Crippen molar-refractivity contribution < 1.29 is 9.59 Å². The Bertz CT molecular complexity index is 820. The fourth-order valence-electron chi connectivity index (χ4n) is 3.50. The van der Waals surface area contributed by atoms with Gasteiger partial charge in [0.15, 0.2) is 0 Å². The first-order chi connectivity index (χ1) is 12.9. The third-order valence-corrected chi connectivity index (χ3v) is 5.11. The molecule has 142 valence electrons. The predicted molar refractivity (Wildman–Crippen MR) is 106 cm³/mol. The Morgan fingerprint density at radius 1 is 1.19 bits per heavy atom. The monoisotopic (exact) mass is 366 g/mol. The third kappa shape index (κ3) is 4.35. The third-order valence-electron chi connectivity index (χ3n) is 5.11. The van der Waals surface area contributed by atoms with Crippen molar-refractivity contribution in [2.24, 2.45) is 11.5 Å². The molecule has 3 rings (SSSR count). The molecular formula is C21H26N4O2.